The highest BCUT2D eigenvalue weighted by atomic mass is 35.5. The van der Waals surface area contributed by atoms with Crippen molar-refractivity contribution in [3.05, 3.63) is 23.4 Å². The van der Waals surface area contributed by atoms with Gasteiger partial charge in [-0.1, -0.05) is 16.8 Å². The second-order valence-electron chi connectivity index (χ2n) is 3.70. The smallest absolute Gasteiger partial charge is 0.322 e. The molecule has 3 rings (SSSR count). The SMILES string of the molecule is Clc1ccc(-c2noc(NC3CC3)n2)nc1. The van der Waals surface area contributed by atoms with Gasteiger partial charge in [0.15, 0.2) is 0 Å². The van der Waals surface area contributed by atoms with Crippen LogP contribution in [0.3, 0.4) is 0 Å². The number of pyridine rings is 1. The van der Waals surface area contributed by atoms with Crippen molar-refractivity contribution >= 4 is 17.6 Å². The minimum atomic E-state index is 0.453. The Kier molecular flexibility index (Phi) is 2.25. The summed E-state index contributed by atoms with van der Waals surface area (Å²) in [6.45, 7) is 0. The molecule has 0 spiro atoms. The fraction of sp³-hybridized carbons (Fsp3) is 0.300. The van der Waals surface area contributed by atoms with Gasteiger partial charge in [-0.15, -0.1) is 0 Å². The lowest BCUT2D eigenvalue weighted by Crippen LogP contribution is -2.00. The van der Waals surface area contributed by atoms with Crippen LogP contribution in [0.1, 0.15) is 12.8 Å². The van der Waals surface area contributed by atoms with Crippen LogP contribution in [0.15, 0.2) is 22.9 Å². The lowest BCUT2D eigenvalue weighted by molar-refractivity contribution is 0.431. The van der Waals surface area contributed by atoms with Gasteiger partial charge in [0.25, 0.3) is 0 Å². The molecule has 0 unspecified atom stereocenters. The van der Waals surface area contributed by atoms with E-state index in [0.29, 0.717) is 28.6 Å². The van der Waals surface area contributed by atoms with Crippen molar-refractivity contribution in [2.45, 2.75) is 18.9 Å². The summed E-state index contributed by atoms with van der Waals surface area (Å²) in [6.07, 6.45) is 3.88. The molecule has 2 heterocycles. The number of aromatic nitrogens is 3. The molecule has 1 aliphatic carbocycles. The zero-order chi connectivity index (χ0) is 11.0. The predicted octanol–water partition coefficient (Wildman–Crippen LogP) is 2.36. The molecule has 1 N–H and O–H groups in total. The van der Waals surface area contributed by atoms with Crippen LogP contribution in [0.5, 0.6) is 0 Å². The molecule has 0 radical (unpaired) electrons. The van der Waals surface area contributed by atoms with Gasteiger partial charge >= 0.3 is 6.01 Å². The number of nitrogens with one attached hydrogen (secondary N) is 1. The van der Waals surface area contributed by atoms with Crippen molar-refractivity contribution in [2.24, 2.45) is 0 Å². The average Bonchev–Trinajstić information content (AvgIpc) is 2.97. The third kappa shape index (κ3) is 1.99. The summed E-state index contributed by atoms with van der Waals surface area (Å²) in [5.74, 6) is 0.472. The number of hydrogen-bond donors (Lipinski definition) is 1. The van der Waals surface area contributed by atoms with E-state index < -0.39 is 0 Å². The van der Waals surface area contributed by atoms with Crippen molar-refractivity contribution in [3.63, 3.8) is 0 Å². The van der Waals surface area contributed by atoms with E-state index in [2.05, 4.69) is 20.4 Å². The third-order valence-electron chi connectivity index (χ3n) is 2.29. The number of nitrogens with zero attached hydrogens (tertiary/aromatic N) is 3. The van der Waals surface area contributed by atoms with Gasteiger partial charge in [-0.25, -0.2) is 0 Å². The minimum Gasteiger partial charge on any atom is -0.335 e. The predicted molar refractivity (Wildman–Crippen MR) is 59.2 cm³/mol. The van der Waals surface area contributed by atoms with Crippen molar-refractivity contribution < 1.29 is 4.52 Å². The van der Waals surface area contributed by atoms with Gasteiger partial charge in [0.2, 0.25) is 5.82 Å². The molecule has 0 aliphatic heterocycles. The first kappa shape index (κ1) is 9.59. The quantitative estimate of drug-likeness (QED) is 0.886. The first-order valence-corrected chi connectivity index (χ1v) is 5.41. The van der Waals surface area contributed by atoms with E-state index >= 15 is 0 Å². The Hall–Kier alpha value is -1.62. The normalized spacial score (nSPS) is 15.1. The summed E-state index contributed by atoms with van der Waals surface area (Å²) in [7, 11) is 0. The van der Waals surface area contributed by atoms with Gasteiger partial charge in [0.1, 0.15) is 5.69 Å². The molecule has 0 atom stereocenters. The summed E-state index contributed by atoms with van der Waals surface area (Å²) in [6, 6.07) is 4.45. The molecule has 2 aromatic rings. The Labute approximate surface area is 96.8 Å². The zero-order valence-corrected chi connectivity index (χ0v) is 9.11. The maximum atomic E-state index is 5.74. The van der Waals surface area contributed by atoms with Crippen molar-refractivity contribution in [3.8, 4) is 11.5 Å². The third-order valence-corrected chi connectivity index (χ3v) is 2.51. The largest absolute Gasteiger partial charge is 0.335 e. The Bertz CT molecular complexity index is 492. The number of hydrogen-bond acceptors (Lipinski definition) is 5. The number of rotatable bonds is 3. The van der Waals surface area contributed by atoms with Crippen LogP contribution in [-0.2, 0) is 0 Å². The molecule has 16 heavy (non-hydrogen) atoms. The Balaban J connectivity index is 1.82. The highest BCUT2D eigenvalue weighted by Crippen LogP contribution is 2.24. The summed E-state index contributed by atoms with van der Waals surface area (Å²) < 4.78 is 5.05. The monoisotopic (exact) mass is 236 g/mol. The van der Waals surface area contributed by atoms with E-state index in [4.69, 9.17) is 16.1 Å². The lowest BCUT2D eigenvalue weighted by Gasteiger charge is -1.93. The van der Waals surface area contributed by atoms with Gasteiger partial charge in [-0.3, -0.25) is 4.98 Å². The molecule has 0 bridgehead atoms. The minimum absolute atomic E-state index is 0.453. The van der Waals surface area contributed by atoms with Gasteiger partial charge in [0.05, 0.1) is 5.02 Å². The molecule has 1 fully saturated rings. The Morgan fingerprint density at radius 1 is 1.38 bits per heavy atom. The van der Waals surface area contributed by atoms with Gasteiger partial charge in [-0.2, -0.15) is 4.98 Å². The number of halogens is 1. The van der Waals surface area contributed by atoms with Crippen LogP contribution in [-0.4, -0.2) is 21.2 Å². The Morgan fingerprint density at radius 2 is 2.25 bits per heavy atom. The van der Waals surface area contributed by atoms with Gasteiger partial charge in [0, 0.05) is 12.2 Å². The van der Waals surface area contributed by atoms with E-state index in [-0.39, 0.29) is 0 Å². The van der Waals surface area contributed by atoms with Crippen LogP contribution in [0.4, 0.5) is 6.01 Å². The first-order chi connectivity index (χ1) is 7.81. The summed E-state index contributed by atoms with van der Waals surface area (Å²) in [5.41, 5.74) is 0.650. The van der Waals surface area contributed by atoms with Crippen molar-refractivity contribution in [1.29, 1.82) is 0 Å². The molecule has 6 heteroatoms. The molecule has 0 saturated heterocycles. The highest BCUT2D eigenvalue weighted by molar-refractivity contribution is 6.30. The lowest BCUT2D eigenvalue weighted by atomic mass is 10.3. The van der Waals surface area contributed by atoms with Crippen LogP contribution >= 0.6 is 11.6 Å². The molecular weight excluding hydrogens is 228 g/mol. The average molecular weight is 237 g/mol. The van der Waals surface area contributed by atoms with Crippen LogP contribution in [0.2, 0.25) is 5.02 Å². The molecule has 5 nitrogen and oxygen atoms in total. The van der Waals surface area contributed by atoms with Crippen LogP contribution in [0, 0.1) is 0 Å². The maximum absolute atomic E-state index is 5.74. The number of anilines is 1. The van der Waals surface area contributed by atoms with E-state index in [1.165, 1.54) is 0 Å². The maximum Gasteiger partial charge on any atom is 0.322 e. The van der Waals surface area contributed by atoms with Crippen molar-refractivity contribution in [1.82, 2.24) is 15.1 Å². The summed E-state index contributed by atoms with van der Waals surface area (Å²) in [5, 5.41) is 7.55. The topological polar surface area (TPSA) is 63.8 Å². The Morgan fingerprint density at radius 3 is 2.94 bits per heavy atom. The molecule has 82 valence electrons. The molecule has 1 saturated carbocycles. The molecule has 1 aliphatic rings. The standard InChI is InChI=1S/C10H9ClN4O/c11-6-1-4-8(12-5-6)9-14-10(16-15-9)13-7-2-3-7/h1,4-5,7H,2-3H2,(H,13,14,15). The van der Waals surface area contributed by atoms with E-state index in [1.54, 1.807) is 18.3 Å². The van der Waals surface area contributed by atoms with Crippen LogP contribution < -0.4 is 5.32 Å². The molecule has 0 amide bonds. The fourth-order valence-electron chi connectivity index (χ4n) is 1.30. The first-order valence-electron chi connectivity index (χ1n) is 5.03. The second kappa shape index (κ2) is 3.75. The van der Waals surface area contributed by atoms with Crippen LogP contribution in [0.25, 0.3) is 11.5 Å². The van der Waals surface area contributed by atoms with E-state index in [1.807, 2.05) is 0 Å². The zero-order valence-electron chi connectivity index (χ0n) is 8.35. The highest BCUT2D eigenvalue weighted by Gasteiger charge is 2.23. The molecular formula is C10H9ClN4O. The van der Waals surface area contributed by atoms with Gasteiger partial charge in [-0.05, 0) is 25.0 Å². The van der Waals surface area contributed by atoms with E-state index in [9.17, 15) is 0 Å². The second-order valence-corrected chi connectivity index (χ2v) is 4.14. The van der Waals surface area contributed by atoms with E-state index in [0.717, 1.165) is 12.8 Å². The summed E-state index contributed by atoms with van der Waals surface area (Å²) >= 11 is 5.74. The molecule has 0 aromatic carbocycles. The van der Waals surface area contributed by atoms with Crippen molar-refractivity contribution in [2.75, 3.05) is 5.32 Å². The molecule has 2 aromatic heterocycles. The van der Waals surface area contributed by atoms with Gasteiger partial charge < -0.3 is 9.84 Å². The fourth-order valence-corrected chi connectivity index (χ4v) is 1.41. The summed E-state index contributed by atoms with van der Waals surface area (Å²) in [4.78, 5) is 8.31.